The van der Waals surface area contributed by atoms with Gasteiger partial charge in [-0.05, 0) is 51.8 Å². The summed E-state index contributed by atoms with van der Waals surface area (Å²) < 4.78 is 7.66. The van der Waals surface area contributed by atoms with Gasteiger partial charge in [-0.3, -0.25) is 0 Å². The van der Waals surface area contributed by atoms with E-state index in [9.17, 15) is 0 Å². The highest BCUT2D eigenvalue weighted by molar-refractivity contribution is 9.11. The molecule has 2 N–H and O–H groups in total. The first-order valence-electron chi connectivity index (χ1n) is 5.07. The van der Waals surface area contributed by atoms with Gasteiger partial charge in [0.1, 0.15) is 12.4 Å². The number of halogens is 2. The number of ether oxygens (including phenoxy) is 1. The average Bonchev–Trinajstić information content (AvgIpc) is 2.30. The van der Waals surface area contributed by atoms with E-state index in [1.807, 2.05) is 42.5 Å². The van der Waals surface area contributed by atoms with E-state index >= 15 is 0 Å². The SMILES string of the molecule is Nc1ccc(COc2ccc(Br)cc2Br)cc1. The lowest BCUT2D eigenvalue weighted by atomic mass is 10.2. The molecule has 0 saturated carbocycles. The Kier molecular flexibility index (Phi) is 4.07. The molecule has 0 unspecified atom stereocenters. The van der Waals surface area contributed by atoms with Crippen molar-refractivity contribution in [3.05, 3.63) is 57.0 Å². The number of rotatable bonds is 3. The van der Waals surface area contributed by atoms with E-state index in [4.69, 9.17) is 10.5 Å². The molecule has 0 spiro atoms. The third-order valence-electron chi connectivity index (χ3n) is 2.27. The molecule has 0 atom stereocenters. The Morgan fingerprint density at radius 1 is 1.00 bits per heavy atom. The molecule has 2 rings (SSSR count). The lowest BCUT2D eigenvalue weighted by molar-refractivity contribution is 0.304. The van der Waals surface area contributed by atoms with Crippen LogP contribution >= 0.6 is 31.9 Å². The van der Waals surface area contributed by atoms with E-state index in [1.165, 1.54) is 0 Å². The highest BCUT2D eigenvalue weighted by Gasteiger charge is 2.02. The quantitative estimate of drug-likeness (QED) is 0.828. The van der Waals surface area contributed by atoms with E-state index in [0.717, 1.165) is 25.9 Å². The van der Waals surface area contributed by atoms with Gasteiger partial charge in [0.25, 0.3) is 0 Å². The maximum atomic E-state index is 5.71. The Labute approximate surface area is 117 Å². The zero-order valence-corrected chi connectivity index (χ0v) is 12.2. The molecule has 0 amide bonds. The van der Waals surface area contributed by atoms with Crippen LogP contribution in [0.1, 0.15) is 5.56 Å². The number of hydrogen-bond acceptors (Lipinski definition) is 2. The zero-order valence-electron chi connectivity index (χ0n) is 8.99. The van der Waals surface area contributed by atoms with E-state index in [2.05, 4.69) is 31.9 Å². The van der Waals surface area contributed by atoms with E-state index < -0.39 is 0 Å². The maximum Gasteiger partial charge on any atom is 0.134 e. The molecule has 2 aromatic rings. The van der Waals surface area contributed by atoms with Gasteiger partial charge in [-0.1, -0.05) is 28.1 Å². The summed E-state index contributed by atoms with van der Waals surface area (Å²) >= 11 is 6.86. The molecule has 0 fully saturated rings. The van der Waals surface area contributed by atoms with Crippen LogP contribution in [0.4, 0.5) is 5.69 Å². The summed E-state index contributed by atoms with van der Waals surface area (Å²) in [6.07, 6.45) is 0. The first-order chi connectivity index (χ1) is 8.15. The van der Waals surface area contributed by atoms with Gasteiger partial charge in [-0.15, -0.1) is 0 Å². The van der Waals surface area contributed by atoms with Crippen LogP contribution in [0.15, 0.2) is 51.4 Å². The summed E-state index contributed by atoms with van der Waals surface area (Å²) in [7, 11) is 0. The zero-order chi connectivity index (χ0) is 12.3. The smallest absolute Gasteiger partial charge is 0.134 e. The highest BCUT2D eigenvalue weighted by Crippen LogP contribution is 2.28. The van der Waals surface area contributed by atoms with E-state index in [1.54, 1.807) is 0 Å². The van der Waals surface area contributed by atoms with Crippen molar-refractivity contribution in [1.29, 1.82) is 0 Å². The van der Waals surface area contributed by atoms with E-state index in [0.29, 0.717) is 6.61 Å². The van der Waals surface area contributed by atoms with E-state index in [-0.39, 0.29) is 0 Å². The molecular formula is C13H11Br2NO. The predicted octanol–water partition coefficient (Wildman–Crippen LogP) is 4.37. The normalized spacial score (nSPS) is 10.2. The van der Waals surface area contributed by atoms with Crippen LogP contribution in [-0.4, -0.2) is 0 Å². The largest absolute Gasteiger partial charge is 0.488 e. The number of hydrogen-bond donors (Lipinski definition) is 1. The average molecular weight is 357 g/mol. The van der Waals surface area contributed by atoms with Crippen LogP contribution in [0.3, 0.4) is 0 Å². The van der Waals surface area contributed by atoms with Gasteiger partial charge in [0, 0.05) is 10.2 Å². The minimum absolute atomic E-state index is 0.528. The predicted molar refractivity (Wildman–Crippen MR) is 77.0 cm³/mol. The van der Waals surface area contributed by atoms with Crippen molar-refractivity contribution in [2.75, 3.05) is 5.73 Å². The Morgan fingerprint density at radius 2 is 1.71 bits per heavy atom. The molecule has 0 aliphatic rings. The number of nitrogen functional groups attached to an aromatic ring is 1. The van der Waals surface area contributed by atoms with Gasteiger partial charge in [-0.25, -0.2) is 0 Å². The van der Waals surface area contributed by atoms with Gasteiger partial charge >= 0.3 is 0 Å². The van der Waals surface area contributed by atoms with Crippen molar-refractivity contribution >= 4 is 37.5 Å². The van der Waals surface area contributed by atoms with Crippen molar-refractivity contribution in [3.63, 3.8) is 0 Å². The fourth-order valence-corrected chi connectivity index (χ4v) is 2.53. The topological polar surface area (TPSA) is 35.2 Å². The number of anilines is 1. The van der Waals surface area contributed by atoms with Crippen LogP contribution < -0.4 is 10.5 Å². The standard InChI is InChI=1S/C13H11Br2NO/c14-10-3-6-13(12(15)7-10)17-8-9-1-4-11(16)5-2-9/h1-7H,8,16H2. The summed E-state index contributed by atoms with van der Waals surface area (Å²) in [6, 6.07) is 13.5. The fraction of sp³-hybridized carbons (Fsp3) is 0.0769. The fourth-order valence-electron chi connectivity index (χ4n) is 1.37. The van der Waals surface area contributed by atoms with Crippen LogP contribution in [-0.2, 0) is 6.61 Å². The first-order valence-corrected chi connectivity index (χ1v) is 6.66. The third-order valence-corrected chi connectivity index (χ3v) is 3.38. The molecular weight excluding hydrogens is 346 g/mol. The van der Waals surface area contributed by atoms with Crippen LogP contribution in [0.2, 0.25) is 0 Å². The second-order valence-electron chi connectivity index (χ2n) is 3.61. The number of benzene rings is 2. The summed E-state index contributed by atoms with van der Waals surface area (Å²) in [4.78, 5) is 0. The highest BCUT2D eigenvalue weighted by atomic mass is 79.9. The monoisotopic (exact) mass is 355 g/mol. The molecule has 0 aliphatic heterocycles. The molecule has 88 valence electrons. The van der Waals surface area contributed by atoms with Gasteiger partial charge in [0.15, 0.2) is 0 Å². The molecule has 0 radical (unpaired) electrons. The van der Waals surface area contributed by atoms with Gasteiger partial charge < -0.3 is 10.5 Å². The Morgan fingerprint density at radius 3 is 2.35 bits per heavy atom. The van der Waals surface area contributed by atoms with Crippen molar-refractivity contribution in [2.45, 2.75) is 6.61 Å². The molecule has 4 heteroatoms. The minimum Gasteiger partial charge on any atom is -0.488 e. The first kappa shape index (κ1) is 12.5. The molecule has 2 aromatic carbocycles. The summed E-state index contributed by atoms with van der Waals surface area (Å²) in [6.45, 7) is 0.528. The Hall–Kier alpha value is -1.000. The van der Waals surface area contributed by atoms with Crippen LogP contribution in [0.5, 0.6) is 5.75 Å². The van der Waals surface area contributed by atoms with Gasteiger partial charge in [0.2, 0.25) is 0 Å². The second kappa shape index (κ2) is 5.56. The molecule has 0 heterocycles. The van der Waals surface area contributed by atoms with Crippen molar-refractivity contribution in [3.8, 4) is 5.75 Å². The number of nitrogens with two attached hydrogens (primary N) is 1. The lowest BCUT2D eigenvalue weighted by Crippen LogP contribution is -1.96. The third kappa shape index (κ3) is 3.48. The van der Waals surface area contributed by atoms with Gasteiger partial charge in [-0.2, -0.15) is 0 Å². The minimum atomic E-state index is 0.528. The maximum absolute atomic E-state index is 5.71. The summed E-state index contributed by atoms with van der Waals surface area (Å²) in [5.74, 6) is 0.824. The molecule has 2 nitrogen and oxygen atoms in total. The van der Waals surface area contributed by atoms with Crippen molar-refractivity contribution in [1.82, 2.24) is 0 Å². The van der Waals surface area contributed by atoms with Crippen LogP contribution in [0, 0.1) is 0 Å². The van der Waals surface area contributed by atoms with Crippen molar-refractivity contribution in [2.24, 2.45) is 0 Å². The Bertz CT molecular complexity index is 511. The Balaban J connectivity index is 2.04. The molecule has 0 bridgehead atoms. The lowest BCUT2D eigenvalue weighted by Gasteiger charge is -2.08. The molecule has 17 heavy (non-hydrogen) atoms. The molecule has 0 aromatic heterocycles. The van der Waals surface area contributed by atoms with Crippen molar-refractivity contribution < 1.29 is 4.74 Å². The second-order valence-corrected chi connectivity index (χ2v) is 5.38. The van der Waals surface area contributed by atoms with Gasteiger partial charge in [0.05, 0.1) is 4.47 Å². The molecule has 0 saturated heterocycles. The molecule has 0 aliphatic carbocycles. The van der Waals surface area contributed by atoms with Crippen LogP contribution in [0.25, 0.3) is 0 Å². The summed E-state index contributed by atoms with van der Waals surface area (Å²) in [5.41, 5.74) is 7.48. The summed E-state index contributed by atoms with van der Waals surface area (Å²) in [5, 5.41) is 0.